The summed E-state index contributed by atoms with van der Waals surface area (Å²) in [5, 5.41) is 8.58. The van der Waals surface area contributed by atoms with Crippen LogP contribution in [0.25, 0.3) is 0 Å². The SMILES string of the molecule is N#CCc1c(Cl)cnc(I)c1C(F)F. The third-order valence-corrected chi connectivity index (χ3v) is 2.79. The number of pyridine rings is 1. The summed E-state index contributed by atoms with van der Waals surface area (Å²) in [7, 11) is 0. The molecule has 1 aromatic heterocycles. The van der Waals surface area contributed by atoms with Crippen LogP contribution < -0.4 is 0 Å². The number of nitrogens with zero attached hydrogens (tertiary/aromatic N) is 2. The van der Waals surface area contributed by atoms with Gasteiger partial charge in [0.15, 0.2) is 0 Å². The van der Waals surface area contributed by atoms with Gasteiger partial charge in [-0.25, -0.2) is 13.8 Å². The molecule has 0 amide bonds. The van der Waals surface area contributed by atoms with E-state index >= 15 is 0 Å². The molecule has 6 heteroatoms. The Balaban J connectivity index is 3.35. The van der Waals surface area contributed by atoms with Gasteiger partial charge in [-0.2, -0.15) is 5.26 Å². The Morgan fingerprint density at radius 3 is 2.79 bits per heavy atom. The molecule has 1 aromatic rings. The van der Waals surface area contributed by atoms with Gasteiger partial charge >= 0.3 is 0 Å². The average molecular weight is 328 g/mol. The summed E-state index contributed by atoms with van der Waals surface area (Å²) < 4.78 is 25.3. The summed E-state index contributed by atoms with van der Waals surface area (Å²) in [6.45, 7) is 0. The van der Waals surface area contributed by atoms with Crippen molar-refractivity contribution in [2.24, 2.45) is 0 Å². The Hall–Kier alpha value is -0.480. The molecule has 74 valence electrons. The lowest BCUT2D eigenvalue weighted by Gasteiger charge is -2.08. The molecule has 1 heterocycles. The number of halogens is 4. The van der Waals surface area contributed by atoms with E-state index in [0.717, 1.165) is 0 Å². The summed E-state index contributed by atoms with van der Waals surface area (Å²) in [6.07, 6.45) is -1.50. The fraction of sp³-hybridized carbons (Fsp3) is 0.250. The third kappa shape index (κ3) is 2.30. The van der Waals surface area contributed by atoms with Gasteiger partial charge in [0.25, 0.3) is 6.43 Å². The maximum atomic E-state index is 12.6. The molecule has 0 saturated carbocycles. The first-order chi connectivity index (χ1) is 6.57. The van der Waals surface area contributed by atoms with Crippen LogP contribution in [0.15, 0.2) is 6.20 Å². The fourth-order valence-corrected chi connectivity index (χ4v) is 1.91. The van der Waals surface area contributed by atoms with Crippen LogP contribution in [0.5, 0.6) is 0 Å². The second-order valence-corrected chi connectivity index (χ2v) is 3.85. The molecule has 0 aliphatic heterocycles. The first-order valence-electron chi connectivity index (χ1n) is 3.55. The zero-order valence-electron chi connectivity index (χ0n) is 6.77. The molecule has 0 unspecified atom stereocenters. The first kappa shape index (κ1) is 11.6. The van der Waals surface area contributed by atoms with Crippen LogP contribution in [-0.2, 0) is 6.42 Å². The van der Waals surface area contributed by atoms with Crippen molar-refractivity contribution >= 4 is 34.2 Å². The van der Waals surface area contributed by atoms with Gasteiger partial charge in [0.1, 0.15) is 3.70 Å². The van der Waals surface area contributed by atoms with E-state index in [0.29, 0.717) is 0 Å². The lowest BCUT2D eigenvalue weighted by molar-refractivity contribution is 0.149. The van der Waals surface area contributed by atoms with Crippen molar-refractivity contribution in [3.63, 3.8) is 0 Å². The summed E-state index contributed by atoms with van der Waals surface area (Å²) in [5.74, 6) is 0. The third-order valence-electron chi connectivity index (χ3n) is 1.60. The van der Waals surface area contributed by atoms with Crippen LogP contribution >= 0.6 is 34.2 Å². The summed E-state index contributed by atoms with van der Waals surface area (Å²) in [4.78, 5) is 3.71. The van der Waals surface area contributed by atoms with Gasteiger partial charge in [-0.05, 0) is 28.2 Å². The highest BCUT2D eigenvalue weighted by Gasteiger charge is 2.20. The molecular weight excluding hydrogens is 324 g/mol. The number of nitriles is 1. The average Bonchev–Trinajstić information content (AvgIpc) is 2.11. The smallest absolute Gasteiger partial charge is 0.248 e. The van der Waals surface area contributed by atoms with Gasteiger partial charge in [0.05, 0.1) is 23.1 Å². The monoisotopic (exact) mass is 328 g/mol. The number of rotatable bonds is 2. The van der Waals surface area contributed by atoms with E-state index in [9.17, 15) is 8.78 Å². The largest absolute Gasteiger partial charge is 0.266 e. The minimum atomic E-state index is -2.66. The zero-order chi connectivity index (χ0) is 10.7. The van der Waals surface area contributed by atoms with Gasteiger partial charge in [0, 0.05) is 6.20 Å². The molecule has 0 atom stereocenters. The predicted molar refractivity (Wildman–Crippen MR) is 56.2 cm³/mol. The van der Waals surface area contributed by atoms with Gasteiger partial charge in [-0.3, -0.25) is 0 Å². The molecule has 0 aromatic carbocycles. The van der Waals surface area contributed by atoms with E-state index in [1.165, 1.54) is 6.20 Å². The second kappa shape index (κ2) is 4.84. The molecule has 14 heavy (non-hydrogen) atoms. The first-order valence-corrected chi connectivity index (χ1v) is 5.01. The van der Waals surface area contributed by atoms with Crippen molar-refractivity contribution in [2.45, 2.75) is 12.8 Å². The van der Waals surface area contributed by atoms with E-state index in [1.807, 2.05) is 0 Å². The molecule has 0 N–H and O–H groups in total. The quantitative estimate of drug-likeness (QED) is 0.617. The van der Waals surface area contributed by atoms with Crippen molar-refractivity contribution in [3.05, 3.63) is 26.0 Å². The Morgan fingerprint density at radius 1 is 1.64 bits per heavy atom. The Labute approximate surface area is 98.0 Å². The molecule has 0 aliphatic carbocycles. The number of hydrogen-bond donors (Lipinski definition) is 0. The molecule has 2 nitrogen and oxygen atoms in total. The Bertz CT molecular complexity index is 390. The standard InChI is InChI=1S/C8H4ClF2IN2/c9-5-3-14-8(12)6(7(10)11)4(5)1-2-13/h3,7H,1H2. The molecule has 0 fully saturated rings. The molecule has 0 aliphatic rings. The van der Waals surface area contributed by atoms with Crippen molar-refractivity contribution < 1.29 is 8.78 Å². The van der Waals surface area contributed by atoms with E-state index in [1.54, 1.807) is 28.7 Å². The predicted octanol–water partition coefficient (Wildman–Crippen LogP) is 3.34. The van der Waals surface area contributed by atoms with Crippen molar-refractivity contribution in [3.8, 4) is 6.07 Å². The van der Waals surface area contributed by atoms with Crippen LogP contribution in [0.1, 0.15) is 17.6 Å². The van der Waals surface area contributed by atoms with Gasteiger partial charge in [-0.15, -0.1) is 0 Å². The number of aromatic nitrogens is 1. The van der Waals surface area contributed by atoms with Crippen molar-refractivity contribution in [1.82, 2.24) is 4.98 Å². The molecule has 0 radical (unpaired) electrons. The van der Waals surface area contributed by atoms with Crippen molar-refractivity contribution in [1.29, 1.82) is 5.26 Å². The van der Waals surface area contributed by atoms with E-state index in [-0.39, 0.29) is 26.3 Å². The molecular formula is C8H4ClF2IN2. The van der Waals surface area contributed by atoms with E-state index in [4.69, 9.17) is 16.9 Å². The Kier molecular flexibility index (Phi) is 4.01. The fourth-order valence-electron chi connectivity index (χ4n) is 0.994. The number of alkyl halides is 2. The lowest BCUT2D eigenvalue weighted by Crippen LogP contribution is -2.01. The summed E-state index contributed by atoms with van der Waals surface area (Å²) >= 11 is 7.37. The van der Waals surface area contributed by atoms with Gasteiger partial charge in [-0.1, -0.05) is 11.6 Å². The second-order valence-electron chi connectivity index (χ2n) is 2.42. The van der Waals surface area contributed by atoms with Gasteiger partial charge in [0.2, 0.25) is 0 Å². The topological polar surface area (TPSA) is 36.7 Å². The normalized spacial score (nSPS) is 10.3. The van der Waals surface area contributed by atoms with Crippen LogP contribution in [0.4, 0.5) is 8.78 Å². The van der Waals surface area contributed by atoms with Crippen LogP contribution in [0, 0.1) is 15.0 Å². The van der Waals surface area contributed by atoms with E-state index < -0.39 is 6.43 Å². The van der Waals surface area contributed by atoms with Crippen LogP contribution in [0.3, 0.4) is 0 Å². The summed E-state index contributed by atoms with van der Waals surface area (Å²) in [6, 6.07) is 1.80. The minimum absolute atomic E-state index is 0.113. The zero-order valence-corrected chi connectivity index (χ0v) is 9.68. The number of hydrogen-bond acceptors (Lipinski definition) is 2. The molecule has 1 rings (SSSR count). The highest BCUT2D eigenvalue weighted by Crippen LogP contribution is 2.31. The molecule has 0 spiro atoms. The highest BCUT2D eigenvalue weighted by molar-refractivity contribution is 14.1. The summed E-state index contributed by atoms with van der Waals surface area (Å²) in [5.41, 5.74) is -0.0665. The van der Waals surface area contributed by atoms with Crippen LogP contribution in [-0.4, -0.2) is 4.98 Å². The molecule has 0 saturated heterocycles. The minimum Gasteiger partial charge on any atom is -0.248 e. The maximum Gasteiger partial charge on any atom is 0.266 e. The lowest BCUT2D eigenvalue weighted by atomic mass is 10.1. The Morgan fingerprint density at radius 2 is 2.29 bits per heavy atom. The van der Waals surface area contributed by atoms with E-state index in [2.05, 4.69) is 4.98 Å². The maximum absolute atomic E-state index is 12.6. The van der Waals surface area contributed by atoms with Crippen LogP contribution in [0.2, 0.25) is 5.02 Å². The van der Waals surface area contributed by atoms with Gasteiger partial charge < -0.3 is 0 Å². The molecule has 0 bridgehead atoms. The highest BCUT2D eigenvalue weighted by atomic mass is 127. The van der Waals surface area contributed by atoms with Crippen molar-refractivity contribution in [2.75, 3.05) is 0 Å².